The molecule has 0 bridgehead atoms. The first kappa shape index (κ1) is 11.1. The van der Waals surface area contributed by atoms with E-state index >= 15 is 0 Å². The maximum Gasteiger partial charge on any atom is 0.458 e. The van der Waals surface area contributed by atoms with Crippen LogP contribution in [0.2, 0.25) is 0 Å². The fraction of sp³-hybridized carbons (Fsp3) is 0. The summed E-state index contributed by atoms with van der Waals surface area (Å²) in [5, 5.41) is 26.8. The van der Waals surface area contributed by atoms with Gasteiger partial charge in [0.2, 0.25) is 5.10 Å². The Kier molecular flexibility index (Phi) is 2.38. The van der Waals surface area contributed by atoms with E-state index < -0.39 is 0 Å². The van der Waals surface area contributed by atoms with E-state index in [1.54, 1.807) is 24.4 Å². The number of hydrogen-bond donors (Lipinski definition) is 1. The van der Waals surface area contributed by atoms with Gasteiger partial charge in [-0.05, 0) is 24.3 Å². The van der Waals surface area contributed by atoms with Gasteiger partial charge in [0.1, 0.15) is 0 Å². The van der Waals surface area contributed by atoms with E-state index in [0.717, 1.165) is 5.56 Å². The Hall–Kier alpha value is -2.96. The zero-order valence-corrected chi connectivity index (χ0v) is 9.72. The molecule has 0 fully saturated rings. The van der Waals surface area contributed by atoms with Gasteiger partial charge in [-0.2, -0.15) is 0 Å². The Balaban J connectivity index is 2.28. The summed E-state index contributed by atoms with van der Waals surface area (Å²) < 4.78 is 0.423. The lowest BCUT2D eigenvalue weighted by Crippen LogP contribution is -2.44. The van der Waals surface area contributed by atoms with Gasteiger partial charge in [-0.25, -0.2) is 4.73 Å². The van der Waals surface area contributed by atoms with Crippen LogP contribution in [0, 0.1) is 10.4 Å². The van der Waals surface area contributed by atoms with Gasteiger partial charge < -0.3 is 10.4 Å². The van der Waals surface area contributed by atoms with Gasteiger partial charge in [0.25, 0.3) is 5.52 Å². The molecular weight excluding hydrogens is 246 g/mol. The summed E-state index contributed by atoms with van der Waals surface area (Å²) in [6, 6.07) is 10.2. The molecule has 0 spiro atoms. The highest BCUT2D eigenvalue weighted by molar-refractivity contribution is 5.76. The number of benzene rings is 1. The van der Waals surface area contributed by atoms with E-state index in [0.29, 0.717) is 15.3 Å². The molecule has 0 amide bonds. The number of nitrogens with zero attached hydrogens (tertiary/aromatic N) is 4. The van der Waals surface area contributed by atoms with E-state index in [9.17, 15) is 10.4 Å². The lowest BCUT2D eigenvalue weighted by Gasteiger charge is -2.07. The van der Waals surface area contributed by atoms with E-state index in [1.165, 1.54) is 6.07 Å². The van der Waals surface area contributed by atoms with Crippen molar-refractivity contribution < 1.29 is 9.58 Å². The molecule has 2 N–H and O–H groups in total. The van der Waals surface area contributed by atoms with Crippen LogP contribution in [0.1, 0.15) is 0 Å². The Morgan fingerprint density at radius 2 is 1.89 bits per heavy atom. The van der Waals surface area contributed by atoms with Crippen LogP contribution >= 0.6 is 0 Å². The van der Waals surface area contributed by atoms with Crippen LogP contribution in [0.15, 0.2) is 42.6 Å². The van der Waals surface area contributed by atoms with Crippen molar-refractivity contribution in [3.63, 3.8) is 0 Å². The first-order chi connectivity index (χ1) is 9.16. The SMILES string of the molecule is Nc1n[n+]([O-])c2cc(-c3ccccn3)ccc2[n+]1[O-]. The third-order valence-electron chi connectivity index (χ3n) is 2.76. The molecule has 1 aromatic carbocycles. The number of fused-ring (bicyclic) bond motifs is 1. The molecule has 0 atom stereocenters. The van der Waals surface area contributed by atoms with Crippen LogP contribution in [-0.4, -0.2) is 10.1 Å². The zero-order valence-electron chi connectivity index (χ0n) is 9.72. The predicted octanol–water partition coefficient (Wildman–Crippen LogP) is 0.146. The first-order valence-corrected chi connectivity index (χ1v) is 5.51. The average Bonchev–Trinajstić information content (AvgIpc) is 2.45. The Morgan fingerprint density at radius 3 is 2.63 bits per heavy atom. The molecule has 2 heterocycles. The van der Waals surface area contributed by atoms with Crippen molar-refractivity contribution in [1.29, 1.82) is 0 Å². The maximum atomic E-state index is 11.7. The third kappa shape index (κ3) is 1.77. The molecule has 3 rings (SSSR count). The van der Waals surface area contributed by atoms with Gasteiger partial charge in [-0.1, -0.05) is 6.07 Å². The predicted molar refractivity (Wildman–Crippen MR) is 67.3 cm³/mol. The largest absolute Gasteiger partial charge is 0.739 e. The normalized spacial score (nSPS) is 10.7. The summed E-state index contributed by atoms with van der Waals surface area (Å²) in [6.07, 6.45) is 1.65. The van der Waals surface area contributed by atoms with Crippen LogP contribution in [0.3, 0.4) is 0 Å². The fourth-order valence-electron chi connectivity index (χ4n) is 1.85. The minimum absolute atomic E-state index is 0.146. The standard InChI is InChI=1S/C12H9N5O2/c13-12-15-17(19)11-7-8(4-5-10(11)16(12)18)9-3-1-2-6-14-9/h1-7H,(H2,13,15). The number of nitrogen functional groups attached to an aromatic ring is 1. The number of anilines is 1. The smallest absolute Gasteiger partial charge is 0.458 e. The van der Waals surface area contributed by atoms with E-state index in [1.807, 2.05) is 12.1 Å². The van der Waals surface area contributed by atoms with Crippen molar-refractivity contribution in [3.8, 4) is 11.3 Å². The Morgan fingerprint density at radius 1 is 1.05 bits per heavy atom. The molecule has 0 radical (unpaired) electrons. The van der Waals surface area contributed by atoms with E-state index in [4.69, 9.17) is 5.73 Å². The molecule has 0 saturated heterocycles. The second-order valence-corrected chi connectivity index (χ2v) is 3.94. The van der Waals surface area contributed by atoms with Crippen LogP contribution in [0.4, 0.5) is 5.95 Å². The number of aromatic nitrogens is 4. The first-order valence-electron chi connectivity index (χ1n) is 5.51. The number of hydrogen-bond acceptors (Lipinski definition) is 5. The third-order valence-corrected chi connectivity index (χ3v) is 2.76. The van der Waals surface area contributed by atoms with E-state index in [-0.39, 0.29) is 17.0 Å². The molecule has 0 unspecified atom stereocenters. The highest BCUT2D eigenvalue weighted by atomic mass is 16.5. The number of rotatable bonds is 1. The summed E-state index contributed by atoms with van der Waals surface area (Å²) >= 11 is 0. The molecule has 0 aliphatic carbocycles. The molecule has 7 heteroatoms. The summed E-state index contributed by atoms with van der Waals surface area (Å²) in [7, 11) is 0. The minimum atomic E-state index is -0.381. The van der Waals surface area contributed by atoms with Crippen molar-refractivity contribution in [2.24, 2.45) is 0 Å². The van der Waals surface area contributed by atoms with Crippen LogP contribution < -0.4 is 15.3 Å². The van der Waals surface area contributed by atoms with Gasteiger partial charge in [0.05, 0.1) is 5.69 Å². The fourth-order valence-corrected chi connectivity index (χ4v) is 1.85. The summed E-state index contributed by atoms with van der Waals surface area (Å²) in [5.41, 5.74) is 7.09. The molecule has 0 aliphatic heterocycles. The van der Waals surface area contributed by atoms with Crippen molar-refractivity contribution in [3.05, 3.63) is 53.0 Å². The molecule has 0 aliphatic rings. The molecule has 7 nitrogen and oxygen atoms in total. The van der Waals surface area contributed by atoms with Crippen molar-refractivity contribution >= 4 is 17.0 Å². The zero-order chi connectivity index (χ0) is 13.4. The minimum Gasteiger partial charge on any atom is -0.739 e. The Bertz CT molecular complexity index is 761. The monoisotopic (exact) mass is 255 g/mol. The second kappa shape index (κ2) is 4.05. The average molecular weight is 255 g/mol. The number of pyridine rings is 1. The lowest BCUT2D eigenvalue weighted by molar-refractivity contribution is -0.671. The highest BCUT2D eigenvalue weighted by Crippen LogP contribution is 2.19. The van der Waals surface area contributed by atoms with Crippen LogP contribution in [-0.2, 0) is 0 Å². The van der Waals surface area contributed by atoms with Crippen molar-refractivity contribution in [2.45, 2.75) is 0 Å². The van der Waals surface area contributed by atoms with Gasteiger partial charge in [0, 0.05) is 22.7 Å². The Labute approximate surface area is 107 Å². The quantitative estimate of drug-likeness (QED) is 0.492. The lowest BCUT2D eigenvalue weighted by atomic mass is 10.1. The molecule has 3 aromatic rings. The molecule has 2 aromatic heterocycles. The molecular formula is C12H9N5O2. The van der Waals surface area contributed by atoms with Gasteiger partial charge in [-0.15, -0.1) is 0 Å². The van der Waals surface area contributed by atoms with Crippen molar-refractivity contribution in [2.75, 3.05) is 5.73 Å². The van der Waals surface area contributed by atoms with Crippen molar-refractivity contribution in [1.82, 2.24) is 10.1 Å². The van der Waals surface area contributed by atoms with Gasteiger partial charge in [-0.3, -0.25) is 10.7 Å². The van der Waals surface area contributed by atoms with Gasteiger partial charge in [0.15, 0.2) is 5.52 Å². The summed E-state index contributed by atoms with van der Waals surface area (Å²) in [6.45, 7) is 0. The van der Waals surface area contributed by atoms with Gasteiger partial charge >= 0.3 is 5.95 Å². The summed E-state index contributed by atoms with van der Waals surface area (Å²) in [4.78, 5) is 4.52. The van der Waals surface area contributed by atoms with Crippen LogP contribution in [0.25, 0.3) is 22.3 Å². The highest BCUT2D eigenvalue weighted by Gasteiger charge is 2.17. The molecule has 94 valence electrons. The topological polar surface area (TPSA) is 106 Å². The van der Waals surface area contributed by atoms with Crippen LogP contribution in [0.5, 0.6) is 0 Å². The molecule has 0 saturated carbocycles. The van der Waals surface area contributed by atoms with E-state index in [2.05, 4.69) is 10.1 Å². The second-order valence-electron chi connectivity index (χ2n) is 3.94. The maximum absolute atomic E-state index is 11.7. The molecule has 19 heavy (non-hydrogen) atoms. The number of nitrogens with two attached hydrogens (primary N) is 1. The summed E-state index contributed by atoms with van der Waals surface area (Å²) in [5.74, 6) is -0.381.